The Labute approximate surface area is 106 Å². The summed E-state index contributed by atoms with van der Waals surface area (Å²) in [5, 5.41) is 16.4. The first-order valence-electron chi connectivity index (χ1n) is 5.13. The van der Waals surface area contributed by atoms with Crippen molar-refractivity contribution in [3.63, 3.8) is 0 Å². The van der Waals surface area contributed by atoms with E-state index in [0.717, 1.165) is 6.07 Å². The lowest BCUT2D eigenvalue weighted by molar-refractivity contribution is -0.384. The molecule has 0 saturated heterocycles. The summed E-state index contributed by atoms with van der Waals surface area (Å²) in [5.74, 6) is -0.313. The molecule has 1 amide bonds. The van der Waals surface area contributed by atoms with Gasteiger partial charge in [0, 0.05) is 17.8 Å². The number of aryl methyl sites for hydroxylation is 1. The van der Waals surface area contributed by atoms with Crippen molar-refractivity contribution in [2.24, 2.45) is 0 Å². The highest BCUT2D eigenvalue weighted by molar-refractivity contribution is 6.07. The first-order chi connectivity index (χ1) is 8.97. The highest BCUT2D eigenvalue weighted by Crippen LogP contribution is 2.20. The third kappa shape index (κ3) is 2.65. The van der Waals surface area contributed by atoms with Gasteiger partial charge in [0.2, 0.25) is 0 Å². The monoisotopic (exact) mass is 263 g/mol. The minimum atomic E-state index is -0.662. The first kappa shape index (κ1) is 12.5. The summed E-state index contributed by atoms with van der Waals surface area (Å²) in [4.78, 5) is 25.7. The SMILES string of the molecule is Cc1noc(NC(=O)c2cc([N+](=O)[O-])ccc2N)n1. The summed E-state index contributed by atoms with van der Waals surface area (Å²) in [6, 6.07) is 3.47. The molecule has 2 rings (SSSR count). The van der Waals surface area contributed by atoms with Gasteiger partial charge in [-0.15, -0.1) is 0 Å². The molecule has 98 valence electrons. The maximum Gasteiger partial charge on any atom is 0.328 e. The lowest BCUT2D eigenvalue weighted by Gasteiger charge is -2.03. The molecule has 0 radical (unpaired) electrons. The molecule has 0 saturated carbocycles. The number of nitrogens with two attached hydrogens (primary N) is 1. The summed E-state index contributed by atoms with van der Waals surface area (Å²) in [5.41, 5.74) is 5.44. The Balaban J connectivity index is 2.27. The van der Waals surface area contributed by atoms with Gasteiger partial charge in [-0.25, -0.2) is 0 Å². The molecular formula is C10H9N5O4. The average molecular weight is 263 g/mol. The molecule has 0 aliphatic rings. The van der Waals surface area contributed by atoms with Gasteiger partial charge >= 0.3 is 6.01 Å². The number of amides is 1. The van der Waals surface area contributed by atoms with Crippen molar-refractivity contribution in [1.29, 1.82) is 0 Å². The Kier molecular flexibility index (Phi) is 3.10. The van der Waals surface area contributed by atoms with Crippen LogP contribution >= 0.6 is 0 Å². The second-order valence-corrected chi connectivity index (χ2v) is 3.63. The molecule has 0 fully saturated rings. The van der Waals surface area contributed by atoms with Crippen molar-refractivity contribution in [3.8, 4) is 0 Å². The van der Waals surface area contributed by atoms with Gasteiger partial charge in [-0.2, -0.15) is 4.98 Å². The molecule has 0 bridgehead atoms. The lowest BCUT2D eigenvalue weighted by atomic mass is 10.1. The van der Waals surface area contributed by atoms with Crippen LogP contribution in [0.25, 0.3) is 0 Å². The number of hydrogen-bond acceptors (Lipinski definition) is 7. The molecule has 1 aromatic carbocycles. The van der Waals surface area contributed by atoms with Crippen molar-refractivity contribution >= 4 is 23.3 Å². The van der Waals surface area contributed by atoms with E-state index in [0.29, 0.717) is 5.82 Å². The number of nitrogens with zero attached hydrogens (tertiary/aromatic N) is 3. The van der Waals surface area contributed by atoms with E-state index in [1.54, 1.807) is 6.92 Å². The number of carbonyl (C=O) groups is 1. The number of anilines is 2. The van der Waals surface area contributed by atoms with Gasteiger partial charge < -0.3 is 10.3 Å². The Hall–Kier alpha value is -2.97. The van der Waals surface area contributed by atoms with Crippen molar-refractivity contribution in [2.45, 2.75) is 6.92 Å². The largest absolute Gasteiger partial charge is 0.398 e. The summed E-state index contributed by atoms with van der Waals surface area (Å²) < 4.78 is 4.71. The van der Waals surface area contributed by atoms with Crippen LogP contribution in [0.1, 0.15) is 16.2 Å². The molecule has 19 heavy (non-hydrogen) atoms. The van der Waals surface area contributed by atoms with Gasteiger partial charge in [-0.3, -0.25) is 20.2 Å². The maximum atomic E-state index is 11.9. The van der Waals surface area contributed by atoms with E-state index in [1.807, 2.05) is 0 Å². The summed E-state index contributed by atoms with van der Waals surface area (Å²) in [7, 11) is 0. The van der Waals surface area contributed by atoms with E-state index in [4.69, 9.17) is 10.3 Å². The second kappa shape index (κ2) is 4.72. The molecule has 0 spiro atoms. The third-order valence-electron chi connectivity index (χ3n) is 2.24. The maximum absolute atomic E-state index is 11.9. The van der Waals surface area contributed by atoms with E-state index in [-0.39, 0.29) is 23.0 Å². The number of rotatable bonds is 3. The van der Waals surface area contributed by atoms with Crippen molar-refractivity contribution in [3.05, 3.63) is 39.7 Å². The number of hydrogen-bond donors (Lipinski definition) is 2. The van der Waals surface area contributed by atoms with Crippen molar-refractivity contribution < 1.29 is 14.2 Å². The van der Waals surface area contributed by atoms with E-state index in [9.17, 15) is 14.9 Å². The van der Waals surface area contributed by atoms with Gasteiger partial charge in [0.25, 0.3) is 11.6 Å². The van der Waals surface area contributed by atoms with E-state index in [1.165, 1.54) is 12.1 Å². The van der Waals surface area contributed by atoms with Crippen molar-refractivity contribution in [1.82, 2.24) is 10.1 Å². The molecule has 1 heterocycles. The van der Waals surface area contributed by atoms with Gasteiger partial charge in [0.1, 0.15) is 0 Å². The van der Waals surface area contributed by atoms with Crippen LogP contribution in [0, 0.1) is 17.0 Å². The van der Waals surface area contributed by atoms with Crippen LogP contribution in [-0.4, -0.2) is 21.0 Å². The highest BCUT2D eigenvalue weighted by atomic mass is 16.6. The number of non-ortho nitro benzene ring substituents is 1. The van der Waals surface area contributed by atoms with E-state index < -0.39 is 10.8 Å². The van der Waals surface area contributed by atoms with Crippen LogP contribution in [-0.2, 0) is 0 Å². The number of nitro groups is 1. The smallest absolute Gasteiger partial charge is 0.328 e. The molecule has 0 aliphatic heterocycles. The Morgan fingerprint density at radius 2 is 2.26 bits per heavy atom. The first-order valence-corrected chi connectivity index (χ1v) is 5.13. The van der Waals surface area contributed by atoms with Crippen molar-refractivity contribution in [2.75, 3.05) is 11.1 Å². The number of nitrogens with one attached hydrogen (secondary N) is 1. The van der Waals surface area contributed by atoms with E-state index in [2.05, 4.69) is 15.5 Å². The number of benzene rings is 1. The normalized spacial score (nSPS) is 10.2. The number of aromatic nitrogens is 2. The number of nitrogen functional groups attached to an aromatic ring is 1. The fourth-order valence-electron chi connectivity index (χ4n) is 1.37. The fourth-order valence-corrected chi connectivity index (χ4v) is 1.37. The molecule has 1 aromatic heterocycles. The minimum Gasteiger partial charge on any atom is -0.398 e. The quantitative estimate of drug-likeness (QED) is 0.480. The molecule has 0 atom stereocenters. The molecular weight excluding hydrogens is 254 g/mol. The summed E-state index contributed by atoms with van der Waals surface area (Å²) in [6.07, 6.45) is 0. The van der Waals surface area contributed by atoms with Crippen LogP contribution in [0.3, 0.4) is 0 Å². The van der Waals surface area contributed by atoms with Gasteiger partial charge in [0.05, 0.1) is 10.5 Å². The average Bonchev–Trinajstić information content (AvgIpc) is 2.74. The Bertz CT molecular complexity index is 651. The topological polar surface area (TPSA) is 137 Å². The van der Waals surface area contributed by atoms with Crippen LogP contribution < -0.4 is 11.1 Å². The fraction of sp³-hybridized carbons (Fsp3) is 0.100. The zero-order valence-electron chi connectivity index (χ0n) is 9.78. The summed E-state index contributed by atoms with van der Waals surface area (Å²) in [6.45, 7) is 1.58. The molecule has 9 heteroatoms. The second-order valence-electron chi connectivity index (χ2n) is 3.63. The van der Waals surface area contributed by atoms with Crippen LogP contribution in [0.4, 0.5) is 17.4 Å². The molecule has 0 unspecified atom stereocenters. The highest BCUT2D eigenvalue weighted by Gasteiger charge is 2.17. The Morgan fingerprint density at radius 1 is 1.53 bits per heavy atom. The number of nitro benzene ring substituents is 1. The lowest BCUT2D eigenvalue weighted by Crippen LogP contribution is -2.14. The summed E-state index contributed by atoms with van der Waals surface area (Å²) >= 11 is 0. The van der Waals surface area contributed by atoms with Gasteiger partial charge in [-0.1, -0.05) is 5.16 Å². The predicted octanol–water partition coefficient (Wildman–Crippen LogP) is 1.12. The Morgan fingerprint density at radius 3 is 2.84 bits per heavy atom. The standard InChI is InChI=1S/C10H9N5O4/c1-5-12-10(19-14-5)13-9(16)7-4-6(15(17)18)2-3-8(7)11/h2-4H,11H2,1H3,(H,12,13,14,16). The van der Waals surface area contributed by atoms with Crippen LogP contribution in [0.2, 0.25) is 0 Å². The third-order valence-corrected chi connectivity index (χ3v) is 2.24. The van der Waals surface area contributed by atoms with E-state index >= 15 is 0 Å². The molecule has 3 N–H and O–H groups in total. The zero-order chi connectivity index (χ0) is 14.0. The van der Waals surface area contributed by atoms with Gasteiger partial charge in [0.15, 0.2) is 5.82 Å². The molecule has 0 aliphatic carbocycles. The van der Waals surface area contributed by atoms with Gasteiger partial charge in [-0.05, 0) is 13.0 Å². The number of carbonyl (C=O) groups excluding carboxylic acids is 1. The minimum absolute atomic E-state index is 0.0370. The zero-order valence-corrected chi connectivity index (χ0v) is 9.78. The predicted molar refractivity (Wildman–Crippen MR) is 64.5 cm³/mol. The molecule has 2 aromatic rings. The van der Waals surface area contributed by atoms with Crippen LogP contribution in [0.5, 0.6) is 0 Å². The molecule has 9 nitrogen and oxygen atoms in total. The van der Waals surface area contributed by atoms with Crippen LogP contribution in [0.15, 0.2) is 22.7 Å².